The van der Waals surface area contributed by atoms with Gasteiger partial charge < -0.3 is 22.1 Å². The van der Waals surface area contributed by atoms with Crippen molar-refractivity contribution in [3.8, 4) is 11.1 Å². The van der Waals surface area contributed by atoms with Crippen molar-refractivity contribution >= 4 is 23.2 Å². The highest BCUT2D eigenvalue weighted by molar-refractivity contribution is 5.98. The fourth-order valence-corrected chi connectivity index (χ4v) is 3.47. The fraction of sp³-hybridized carbons (Fsp3) is 0.261. The Morgan fingerprint density at radius 3 is 2.58 bits per heavy atom. The molecular weight excluding hydrogens is 395 g/mol. The van der Waals surface area contributed by atoms with Gasteiger partial charge >= 0.3 is 0 Å². The van der Waals surface area contributed by atoms with Crippen molar-refractivity contribution in [2.45, 2.75) is 25.3 Å². The predicted octanol–water partition coefficient (Wildman–Crippen LogP) is 3.66. The molecule has 1 atom stereocenters. The maximum Gasteiger partial charge on any atom is 0.252 e. The average molecular weight is 420 g/mol. The number of aromatic nitrogens is 2. The van der Waals surface area contributed by atoms with Gasteiger partial charge in [0.1, 0.15) is 5.82 Å². The lowest BCUT2D eigenvalue weighted by atomic mass is 10.1. The topological polar surface area (TPSA) is 119 Å². The van der Waals surface area contributed by atoms with Crippen molar-refractivity contribution < 1.29 is 9.18 Å². The lowest BCUT2D eigenvalue weighted by Gasteiger charge is -2.19. The molecule has 0 radical (unpaired) electrons. The van der Waals surface area contributed by atoms with Crippen molar-refractivity contribution in [2.75, 3.05) is 17.2 Å². The maximum absolute atomic E-state index is 14.7. The van der Waals surface area contributed by atoms with Gasteiger partial charge in [0.25, 0.3) is 5.91 Å². The second kappa shape index (κ2) is 9.09. The van der Waals surface area contributed by atoms with Crippen molar-refractivity contribution in [1.82, 2.24) is 9.97 Å². The molecule has 6 N–H and O–H groups in total. The van der Waals surface area contributed by atoms with Crippen LogP contribution in [0.2, 0.25) is 0 Å². The number of rotatable bonds is 9. The Kier molecular flexibility index (Phi) is 6.08. The predicted molar refractivity (Wildman–Crippen MR) is 119 cm³/mol. The Balaban J connectivity index is 1.62. The number of nitrogens with one attached hydrogen (secondary N) is 2. The SMILES string of the molecule is NCC(CC1CC1)Nc1nc(Nc2cncc(-c3ccccc3)c2)c(C(N)=O)cc1F. The number of anilines is 3. The molecule has 31 heavy (non-hydrogen) atoms. The molecule has 8 heteroatoms. The molecule has 2 heterocycles. The average Bonchev–Trinajstić information content (AvgIpc) is 3.60. The first-order valence-corrected chi connectivity index (χ1v) is 10.3. The van der Waals surface area contributed by atoms with E-state index in [2.05, 4.69) is 20.6 Å². The van der Waals surface area contributed by atoms with Crippen LogP contribution in [0.25, 0.3) is 11.1 Å². The molecule has 1 aliphatic rings. The van der Waals surface area contributed by atoms with E-state index in [4.69, 9.17) is 11.5 Å². The van der Waals surface area contributed by atoms with Gasteiger partial charge in [-0.3, -0.25) is 9.78 Å². The molecule has 3 aromatic rings. The highest BCUT2D eigenvalue weighted by atomic mass is 19.1. The summed E-state index contributed by atoms with van der Waals surface area (Å²) in [5.41, 5.74) is 13.8. The molecule has 0 aliphatic heterocycles. The lowest BCUT2D eigenvalue weighted by Crippen LogP contribution is -2.30. The summed E-state index contributed by atoms with van der Waals surface area (Å²) in [5, 5.41) is 6.14. The molecule has 1 saturated carbocycles. The zero-order valence-electron chi connectivity index (χ0n) is 17.0. The number of benzene rings is 1. The molecular formula is C23H25FN6O. The summed E-state index contributed by atoms with van der Waals surface area (Å²) in [5.74, 6) is -0.606. The third-order valence-electron chi connectivity index (χ3n) is 5.29. The molecule has 1 aromatic carbocycles. The third kappa shape index (κ3) is 5.16. The zero-order chi connectivity index (χ0) is 21.8. The second-order valence-corrected chi connectivity index (χ2v) is 7.79. The van der Waals surface area contributed by atoms with E-state index in [1.165, 1.54) is 12.8 Å². The summed E-state index contributed by atoms with van der Waals surface area (Å²) in [7, 11) is 0. The number of nitrogens with two attached hydrogens (primary N) is 2. The van der Waals surface area contributed by atoms with Gasteiger partial charge in [-0.25, -0.2) is 9.37 Å². The Bertz CT molecular complexity index is 1070. The highest BCUT2D eigenvalue weighted by Crippen LogP contribution is 2.34. The summed E-state index contributed by atoms with van der Waals surface area (Å²) in [6.45, 7) is 0.362. The van der Waals surface area contributed by atoms with E-state index in [0.717, 1.165) is 23.6 Å². The summed E-state index contributed by atoms with van der Waals surface area (Å²) in [6, 6.07) is 12.6. The van der Waals surface area contributed by atoms with Crippen LogP contribution in [0, 0.1) is 11.7 Å². The van der Waals surface area contributed by atoms with Gasteiger partial charge in [-0.1, -0.05) is 43.2 Å². The molecule has 1 fully saturated rings. The first kappa shape index (κ1) is 20.7. The Labute approximate surface area is 180 Å². The number of nitrogens with zero attached hydrogens (tertiary/aromatic N) is 2. The second-order valence-electron chi connectivity index (χ2n) is 7.79. The van der Waals surface area contributed by atoms with Gasteiger partial charge in [0.05, 0.1) is 17.4 Å². The summed E-state index contributed by atoms with van der Waals surface area (Å²) in [6.07, 6.45) is 6.55. The Hall–Kier alpha value is -3.52. The van der Waals surface area contributed by atoms with Crippen molar-refractivity contribution in [2.24, 2.45) is 17.4 Å². The van der Waals surface area contributed by atoms with E-state index >= 15 is 0 Å². The van der Waals surface area contributed by atoms with Crippen LogP contribution in [0.3, 0.4) is 0 Å². The number of amides is 1. The summed E-state index contributed by atoms with van der Waals surface area (Å²) >= 11 is 0. The number of primary amides is 1. The number of hydrogen-bond donors (Lipinski definition) is 4. The molecule has 4 rings (SSSR count). The minimum atomic E-state index is -0.777. The minimum absolute atomic E-state index is 0.0378. The van der Waals surface area contributed by atoms with Crippen LogP contribution in [0.1, 0.15) is 29.6 Å². The smallest absolute Gasteiger partial charge is 0.252 e. The molecule has 1 amide bonds. The molecule has 1 aliphatic carbocycles. The largest absolute Gasteiger partial charge is 0.365 e. The van der Waals surface area contributed by atoms with E-state index in [9.17, 15) is 9.18 Å². The number of pyridine rings is 2. The van der Waals surface area contributed by atoms with Crippen LogP contribution in [0.15, 0.2) is 54.9 Å². The van der Waals surface area contributed by atoms with Crippen molar-refractivity contribution in [3.05, 3.63) is 66.2 Å². The zero-order valence-corrected chi connectivity index (χ0v) is 17.0. The van der Waals surface area contributed by atoms with E-state index in [0.29, 0.717) is 18.2 Å². The standard InChI is InChI=1S/C23H25FN6O/c24-20-10-19(21(26)31)22(30-23(20)28-17(11-25)8-14-6-7-14)29-18-9-16(12-27-13-18)15-4-2-1-3-5-15/h1-5,9-10,12-14,17H,6-8,11,25H2,(H2,26,31)(H2,28,29,30). The number of carbonyl (C=O) groups is 1. The molecule has 1 unspecified atom stereocenters. The minimum Gasteiger partial charge on any atom is -0.365 e. The van der Waals surface area contributed by atoms with E-state index in [1.807, 2.05) is 36.4 Å². The lowest BCUT2D eigenvalue weighted by molar-refractivity contribution is 0.100. The van der Waals surface area contributed by atoms with Gasteiger partial charge in [0.2, 0.25) is 0 Å². The Morgan fingerprint density at radius 2 is 1.90 bits per heavy atom. The number of hydrogen-bond acceptors (Lipinski definition) is 6. The molecule has 160 valence electrons. The molecule has 7 nitrogen and oxygen atoms in total. The van der Waals surface area contributed by atoms with Gasteiger partial charge in [-0.2, -0.15) is 0 Å². The van der Waals surface area contributed by atoms with Gasteiger partial charge in [-0.05, 0) is 30.0 Å². The van der Waals surface area contributed by atoms with Crippen LogP contribution in [0.4, 0.5) is 21.7 Å². The third-order valence-corrected chi connectivity index (χ3v) is 5.29. The van der Waals surface area contributed by atoms with Crippen LogP contribution < -0.4 is 22.1 Å². The quantitative estimate of drug-likeness (QED) is 0.419. The fourth-order valence-electron chi connectivity index (χ4n) is 3.47. The van der Waals surface area contributed by atoms with Gasteiger partial charge in [-0.15, -0.1) is 0 Å². The van der Waals surface area contributed by atoms with Crippen LogP contribution in [-0.2, 0) is 0 Å². The number of carbonyl (C=O) groups excluding carboxylic acids is 1. The highest BCUT2D eigenvalue weighted by Gasteiger charge is 2.26. The van der Waals surface area contributed by atoms with Crippen molar-refractivity contribution in [1.29, 1.82) is 0 Å². The van der Waals surface area contributed by atoms with Gasteiger partial charge in [0.15, 0.2) is 11.6 Å². The summed E-state index contributed by atoms with van der Waals surface area (Å²) in [4.78, 5) is 20.5. The summed E-state index contributed by atoms with van der Waals surface area (Å²) < 4.78 is 14.7. The molecule has 0 saturated heterocycles. The van der Waals surface area contributed by atoms with Crippen LogP contribution in [-0.4, -0.2) is 28.5 Å². The maximum atomic E-state index is 14.7. The van der Waals surface area contributed by atoms with E-state index in [-0.39, 0.29) is 23.2 Å². The molecule has 0 spiro atoms. The van der Waals surface area contributed by atoms with E-state index in [1.54, 1.807) is 12.4 Å². The van der Waals surface area contributed by atoms with E-state index < -0.39 is 11.7 Å². The Morgan fingerprint density at radius 1 is 1.13 bits per heavy atom. The first-order valence-electron chi connectivity index (χ1n) is 10.3. The molecule has 2 aromatic heterocycles. The van der Waals surface area contributed by atoms with Gasteiger partial charge in [0, 0.05) is 24.3 Å². The van der Waals surface area contributed by atoms with Crippen LogP contribution in [0.5, 0.6) is 0 Å². The molecule has 0 bridgehead atoms. The van der Waals surface area contributed by atoms with Crippen molar-refractivity contribution in [3.63, 3.8) is 0 Å². The van der Waals surface area contributed by atoms with Crippen LogP contribution >= 0.6 is 0 Å². The monoisotopic (exact) mass is 420 g/mol. The number of halogens is 1. The first-order chi connectivity index (χ1) is 15.0. The normalized spacial score (nSPS) is 14.1.